The number of hydrogen-bond acceptors (Lipinski definition) is 3. The molecule has 0 bridgehead atoms. The van der Waals surface area contributed by atoms with Crippen LogP contribution in [0.1, 0.15) is 12.8 Å². The van der Waals surface area contributed by atoms with Gasteiger partial charge >= 0.3 is 10.2 Å². The standard InChI is InChI=1S/C13H20N2O3S/c1-14(13-7-3-2-4-8-13)19(17,18)15-9-5-6-12(10-15)11-16/h2-4,7-8,12,16H,5-6,9-11H2,1H3. The molecular formula is C13H20N2O3S. The molecule has 0 aliphatic carbocycles. The van der Waals surface area contributed by atoms with Crippen molar-refractivity contribution in [3.05, 3.63) is 30.3 Å². The molecule has 1 aromatic rings. The molecule has 19 heavy (non-hydrogen) atoms. The van der Waals surface area contributed by atoms with E-state index in [0.29, 0.717) is 18.8 Å². The van der Waals surface area contributed by atoms with Gasteiger partial charge in [0.15, 0.2) is 0 Å². The van der Waals surface area contributed by atoms with Gasteiger partial charge in [-0.2, -0.15) is 12.7 Å². The van der Waals surface area contributed by atoms with Crippen molar-refractivity contribution in [1.29, 1.82) is 0 Å². The van der Waals surface area contributed by atoms with Gasteiger partial charge in [0.25, 0.3) is 0 Å². The Balaban J connectivity index is 2.18. The largest absolute Gasteiger partial charge is 0.396 e. The van der Waals surface area contributed by atoms with Gasteiger partial charge in [-0.25, -0.2) is 0 Å². The van der Waals surface area contributed by atoms with Crippen molar-refractivity contribution in [3.63, 3.8) is 0 Å². The average Bonchev–Trinajstić information content (AvgIpc) is 2.47. The Morgan fingerprint density at radius 2 is 2.05 bits per heavy atom. The predicted octanol–water partition coefficient (Wildman–Crippen LogP) is 1.07. The van der Waals surface area contributed by atoms with Gasteiger partial charge in [-0.3, -0.25) is 4.31 Å². The minimum Gasteiger partial charge on any atom is -0.396 e. The van der Waals surface area contributed by atoms with E-state index >= 15 is 0 Å². The molecule has 1 aromatic carbocycles. The second kappa shape index (κ2) is 5.90. The van der Waals surface area contributed by atoms with Crippen molar-refractivity contribution in [2.45, 2.75) is 12.8 Å². The van der Waals surface area contributed by atoms with Gasteiger partial charge in [0.1, 0.15) is 0 Å². The fourth-order valence-electron chi connectivity index (χ4n) is 2.33. The predicted molar refractivity (Wildman–Crippen MR) is 75.1 cm³/mol. The highest BCUT2D eigenvalue weighted by Gasteiger charge is 2.31. The molecule has 2 rings (SSSR count). The highest BCUT2D eigenvalue weighted by Crippen LogP contribution is 2.23. The van der Waals surface area contributed by atoms with Gasteiger partial charge in [-0.15, -0.1) is 0 Å². The van der Waals surface area contributed by atoms with E-state index in [1.807, 2.05) is 18.2 Å². The number of hydrogen-bond donors (Lipinski definition) is 1. The normalized spacial score (nSPS) is 21.3. The van der Waals surface area contributed by atoms with Gasteiger partial charge in [0, 0.05) is 26.7 Å². The lowest BCUT2D eigenvalue weighted by Gasteiger charge is -2.34. The van der Waals surface area contributed by atoms with Crippen molar-refractivity contribution in [2.75, 3.05) is 31.0 Å². The lowest BCUT2D eigenvalue weighted by molar-refractivity contribution is 0.165. The van der Waals surface area contributed by atoms with Crippen LogP contribution in [0.3, 0.4) is 0 Å². The SMILES string of the molecule is CN(c1ccccc1)S(=O)(=O)N1CCCC(CO)C1. The van der Waals surface area contributed by atoms with Crippen LogP contribution in [0.2, 0.25) is 0 Å². The van der Waals surface area contributed by atoms with Crippen LogP contribution < -0.4 is 4.31 Å². The molecule has 106 valence electrons. The van der Waals surface area contributed by atoms with Crippen LogP contribution in [0, 0.1) is 5.92 Å². The number of aliphatic hydroxyl groups is 1. The van der Waals surface area contributed by atoms with Gasteiger partial charge in [-0.05, 0) is 30.9 Å². The molecule has 0 spiro atoms. The number of aliphatic hydroxyl groups excluding tert-OH is 1. The van der Waals surface area contributed by atoms with E-state index in [-0.39, 0.29) is 12.5 Å². The van der Waals surface area contributed by atoms with Crippen molar-refractivity contribution in [2.24, 2.45) is 5.92 Å². The zero-order valence-electron chi connectivity index (χ0n) is 11.1. The van der Waals surface area contributed by atoms with E-state index in [1.165, 1.54) is 8.61 Å². The summed E-state index contributed by atoms with van der Waals surface area (Å²) >= 11 is 0. The van der Waals surface area contributed by atoms with Crippen LogP contribution in [0.25, 0.3) is 0 Å². The number of piperidine rings is 1. The van der Waals surface area contributed by atoms with Crippen molar-refractivity contribution in [1.82, 2.24) is 4.31 Å². The minimum atomic E-state index is -3.50. The summed E-state index contributed by atoms with van der Waals surface area (Å²) in [6, 6.07) is 9.02. The molecule has 1 aliphatic rings. The van der Waals surface area contributed by atoms with E-state index < -0.39 is 10.2 Å². The topological polar surface area (TPSA) is 60.9 Å². The third-order valence-electron chi connectivity index (χ3n) is 3.53. The molecule has 1 aliphatic heterocycles. The maximum absolute atomic E-state index is 12.5. The molecule has 6 heteroatoms. The maximum atomic E-state index is 12.5. The lowest BCUT2D eigenvalue weighted by atomic mass is 10.0. The number of para-hydroxylation sites is 1. The van der Waals surface area contributed by atoms with Crippen molar-refractivity contribution in [3.8, 4) is 0 Å². The summed E-state index contributed by atoms with van der Waals surface area (Å²) in [5.41, 5.74) is 0.647. The molecule has 1 fully saturated rings. The Kier molecular flexibility index (Phi) is 4.44. The van der Waals surface area contributed by atoms with Crippen molar-refractivity contribution < 1.29 is 13.5 Å². The summed E-state index contributed by atoms with van der Waals surface area (Å²) in [7, 11) is -1.94. The summed E-state index contributed by atoms with van der Waals surface area (Å²) in [6.45, 7) is 0.965. The van der Waals surface area contributed by atoms with E-state index in [0.717, 1.165) is 12.8 Å². The van der Waals surface area contributed by atoms with Crippen LogP contribution in [0.5, 0.6) is 0 Å². The Labute approximate surface area is 114 Å². The molecule has 1 atom stereocenters. The summed E-state index contributed by atoms with van der Waals surface area (Å²) in [4.78, 5) is 0. The van der Waals surface area contributed by atoms with Crippen LogP contribution >= 0.6 is 0 Å². The molecule has 5 nitrogen and oxygen atoms in total. The fourth-order valence-corrected chi connectivity index (χ4v) is 3.82. The lowest BCUT2D eigenvalue weighted by Crippen LogP contribution is -2.47. The average molecular weight is 284 g/mol. The van der Waals surface area contributed by atoms with Crippen LogP contribution in [0.4, 0.5) is 5.69 Å². The second-order valence-electron chi connectivity index (χ2n) is 4.86. The first kappa shape index (κ1) is 14.3. The second-order valence-corrected chi connectivity index (χ2v) is 6.82. The Hall–Kier alpha value is -1.11. The highest BCUT2D eigenvalue weighted by atomic mass is 32.2. The minimum absolute atomic E-state index is 0.0427. The Morgan fingerprint density at radius 1 is 1.37 bits per heavy atom. The molecule has 0 saturated carbocycles. The fraction of sp³-hybridized carbons (Fsp3) is 0.538. The molecule has 1 heterocycles. The van der Waals surface area contributed by atoms with Crippen LogP contribution in [-0.4, -0.2) is 44.6 Å². The number of nitrogens with zero attached hydrogens (tertiary/aromatic N) is 2. The van der Waals surface area contributed by atoms with E-state index in [1.54, 1.807) is 19.2 Å². The molecule has 0 radical (unpaired) electrons. The van der Waals surface area contributed by atoms with Gasteiger partial charge < -0.3 is 5.11 Å². The van der Waals surface area contributed by atoms with E-state index in [4.69, 9.17) is 0 Å². The van der Waals surface area contributed by atoms with E-state index in [2.05, 4.69) is 0 Å². The molecule has 1 unspecified atom stereocenters. The maximum Gasteiger partial charge on any atom is 0.303 e. The number of rotatable bonds is 4. The zero-order valence-corrected chi connectivity index (χ0v) is 11.9. The third-order valence-corrected chi connectivity index (χ3v) is 5.42. The molecule has 1 N–H and O–H groups in total. The quantitative estimate of drug-likeness (QED) is 0.899. The molecule has 0 amide bonds. The number of benzene rings is 1. The van der Waals surface area contributed by atoms with Gasteiger partial charge in [-0.1, -0.05) is 18.2 Å². The van der Waals surface area contributed by atoms with Gasteiger partial charge in [0.05, 0.1) is 5.69 Å². The summed E-state index contributed by atoms with van der Waals surface area (Å²) in [6.07, 6.45) is 1.69. The molecular weight excluding hydrogens is 264 g/mol. The zero-order chi connectivity index (χ0) is 13.9. The molecule has 1 saturated heterocycles. The monoisotopic (exact) mass is 284 g/mol. The summed E-state index contributed by atoms with van der Waals surface area (Å²) in [5.74, 6) is 0.0488. The van der Waals surface area contributed by atoms with Crippen LogP contribution in [-0.2, 0) is 10.2 Å². The number of anilines is 1. The first-order valence-corrected chi connectivity index (χ1v) is 7.85. The summed E-state index contributed by atoms with van der Waals surface area (Å²) in [5, 5.41) is 9.20. The first-order chi connectivity index (χ1) is 9.05. The molecule has 0 aromatic heterocycles. The summed E-state index contributed by atoms with van der Waals surface area (Å²) < 4.78 is 27.8. The highest BCUT2D eigenvalue weighted by molar-refractivity contribution is 7.90. The van der Waals surface area contributed by atoms with Crippen LogP contribution in [0.15, 0.2) is 30.3 Å². The van der Waals surface area contributed by atoms with Gasteiger partial charge in [0.2, 0.25) is 0 Å². The van der Waals surface area contributed by atoms with E-state index in [9.17, 15) is 13.5 Å². The first-order valence-electron chi connectivity index (χ1n) is 6.45. The smallest absolute Gasteiger partial charge is 0.303 e. The Morgan fingerprint density at radius 3 is 2.68 bits per heavy atom. The third kappa shape index (κ3) is 3.08. The Bertz CT molecular complexity index is 504. The van der Waals surface area contributed by atoms with Crippen molar-refractivity contribution >= 4 is 15.9 Å².